The average Bonchev–Trinajstić information content (AvgIpc) is 3.17. The van der Waals surface area contributed by atoms with Gasteiger partial charge in [0.15, 0.2) is 0 Å². The summed E-state index contributed by atoms with van der Waals surface area (Å²) in [5.74, 6) is 1.28. The third kappa shape index (κ3) is 3.53. The van der Waals surface area contributed by atoms with Gasteiger partial charge in [-0.25, -0.2) is 0 Å². The number of rotatable bonds is 3. The van der Waals surface area contributed by atoms with Crippen LogP contribution in [-0.4, -0.2) is 28.3 Å². The molecule has 5 rings (SSSR count). The Morgan fingerprint density at radius 1 is 1.14 bits per heavy atom. The van der Waals surface area contributed by atoms with E-state index in [1.807, 2.05) is 28.9 Å². The SMILES string of the molecule is Cc1ccccc1C1CCn2nc(C(=O)NC3COc4ccccc4C3)cc2C1. The minimum atomic E-state index is -0.118. The third-order valence-corrected chi connectivity index (χ3v) is 6.08. The van der Waals surface area contributed by atoms with E-state index in [1.165, 1.54) is 11.1 Å². The number of hydrogen-bond donors (Lipinski definition) is 1. The van der Waals surface area contributed by atoms with Crippen LogP contribution in [0, 0.1) is 6.92 Å². The Morgan fingerprint density at radius 2 is 1.97 bits per heavy atom. The van der Waals surface area contributed by atoms with E-state index in [0.29, 0.717) is 18.2 Å². The van der Waals surface area contributed by atoms with E-state index in [9.17, 15) is 4.79 Å². The quantitative estimate of drug-likeness (QED) is 0.746. The number of carbonyl (C=O) groups is 1. The molecular formula is C24H25N3O2. The fourth-order valence-corrected chi connectivity index (χ4v) is 4.55. The van der Waals surface area contributed by atoms with Gasteiger partial charge in [-0.1, -0.05) is 42.5 Å². The molecule has 1 amide bonds. The number of amides is 1. The van der Waals surface area contributed by atoms with Crippen molar-refractivity contribution in [3.63, 3.8) is 0 Å². The number of nitrogens with zero attached hydrogens (tertiary/aromatic N) is 2. The van der Waals surface area contributed by atoms with E-state index in [-0.39, 0.29) is 11.9 Å². The highest BCUT2D eigenvalue weighted by atomic mass is 16.5. The summed E-state index contributed by atoms with van der Waals surface area (Å²) in [6.45, 7) is 3.51. The lowest BCUT2D eigenvalue weighted by molar-refractivity contribution is 0.0909. The molecule has 2 aliphatic rings. The Morgan fingerprint density at radius 3 is 2.86 bits per heavy atom. The van der Waals surface area contributed by atoms with E-state index in [4.69, 9.17) is 4.74 Å². The van der Waals surface area contributed by atoms with Crippen LogP contribution in [0.2, 0.25) is 0 Å². The van der Waals surface area contributed by atoms with Crippen molar-refractivity contribution in [3.8, 4) is 5.75 Å². The first-order valence-corrected chi connectivity index (χ1v) is 10.3. The van der Waals surface area contributed by atoms with Gasteiger partial charge in [-0.3, -0.25) is 9.48 Å². The summed E-state index contributed by atoms with van der Waals surface area (Å²) in [6.07, 6.45) is 2.75. The summed E-state index contributed by atoms with van der Waals surface area (Å²) in [6, 6.07) is 18.5. The molecule has 0 bridgehead atoms. The standard InChI is InChI=1S/C24H25N3O2/c1-16-6-2-4-8-21(16)17-10-11-27-20(13-17)14-22(26-27)24(28)25-19-12-18-7-3-5-9-23(18)29-15-19/h2-9,14,17,19H,10-13,15H2,1H3,(H,25,28). The van der Waals surface area contributed by atoms with Gasteiger partial charge < -0.3 is 10.1 Å². The molecule has 2 aliphatic heterocycles. The molecule has 148 valence electrons. The van der Waals surface area contributed by atoms with Crippen molar-refractivity contribution in [2.45, 2.75) is 44.7 Å². The van der Waals surface area contributed by atoms with Gasteiger partial charge in [-0.05, 0) is 60.9 Å². The van der Waals surface area contributed by atoms with Gasteiger partial charge in [0.25, 0.3) is 5.91 Å². The maximum atomic E-state index is 12.8. The molecule has 2 atom stereocenters. The second-order valence-electron chi connectivity index (χ2n) is 8.08. The number of benzene rings is 2. The first-order chi connectivity index (χ1) is 14.2. The number of carbonyl (C=O) groups excluding carboxylic acids is 1. The number of nitrogens with one attached hydrogen (secondary N) is 1. The number of hydrogen-bond acceptors (Lipinski definition) is 3. The summed E-state index contributed by atoms with van der Waals surface area (Å²) in [7, 11) is 0. The fourth-order valence-electron chi connectivity index (χ4n) is 4.55. The van der Waals surface area contributed by atoms with E-state index >= 15 is 0 Å². The summed E-state index contributed by atoms with van der Waals surface area (Å²) in [4.78, 5) is 12.8. The van der Waals surface area contributed by atoms with Crippen molar-refractivity contribution < 1.29 is 9.53 Å². The third-order valence-electron chi connectivity index (χ3n) is 6.08. The van der Waals surface area contributed by atoms with Crippen LogP contribution in [-0.2, 0) is 19.4 Å². The minimum absolute atomic E-state index is 0.0316. The Labute approximate surface area is 170 Å². The van der Waals surface area contributed by atoms with Crippen molar-refractivity contribution in [2.75, 3.05) is 6.61 Å². The smallest absolute Gasteiger partial charge is 0.272 e. The normalized spacial score (nSPS) is 20.3. The Kier molecular flexibility index (Phi) is 4.58. The van der Waals surface area contributed by atoms with Gasteiger partial charge in [0.2, 0.25) is 0 Å². The van der Waals surface area contributed by atoms with Gasteiger partial charge in [0.1, 0.15) is 18.1 Å². The van der Waals surface area contributed by atoms with Crippen LogP contribution in [0.1, 0.15) is 45.2 Å². The van der Waals surface area contributed by atoms with Crippen molar-refractivity contribution in [2.24, 2.45) is 0 Å². The lowest BCUT2D eigenvalue weighted by atomic mass is 9.86. The molecule has 5 nitrogen and oxygen atoms in total. The molecule has 0 spiro atoms. The van der Waals surface area contributed by atoms with Crippen molar-refractivity contribution in [1.82, 2.24) is 15.1 Å². The fraction of sp³-hybridized carbons (Fsp3) is 0.333. The molecule has 1 aromatic heterocycles. The second kappa shape index (κ2) is 7.39. The lowest BCUT2D eigenvalue weighted by Gasteiger charge is -2.25. The average molecular weight is 387 g/mol. The molecule has 3 heterocycles. The maximum absolute atomic E-state index is 12.8. The molecular weight excluding hydrogens is 362 g/mol. The van der Waals surface area contributed by atoms with Crippen LogP contribution < -0.4 is 10.1 Å². The predicted octanol–water partition coefficient (Wildman–Crippen LogP) is 3.66. The minimum Gasteiger partial charge on any atom is -0.491 e. The van der Waals surface area contributed by atoms with Gasteiger partial charge >= 0.3 is 0 Å². The van der Waals surface area contributed by atoms with Gasteiger partial charge in [0, 0.05) is 12.2 Å². The van der Waals surface area contributed by atoms with Gasteiger partial charge in [0.05, 0.1) is 6.04 Å². The van der Waals surface area contributed by atoms with Crippen LogP contribution in [0.4, 0.5) is 0 Å². The molecule has 0 saturated carbocycles. The Balaban J connectivity index is 1.28. The van der Waals surface area contributed by atoms with Crippen LogP contribution in [0.5, 0.6) is 5.75 Å². The summed E-state index contributed by atoms with van der Waals surface area (Å²) < 4.78 is 7.78. The first kappa shape index (κ1) is 18.0. The van der Waals surface area contributed by atoms with Gasteiger partial charge in [-0.2, -0.15) is 5.10 Å². The number of aromatic nitrogens is 2. The highest BCUT2D eigenvalue weighted by molar-refractivity contribution is 5.92. The predicted molar refractivity (Wildman–Crippen MR) is 111 cm³/mol. The Hall–Kier alpha value is -3.08. The number of fused-ring (bicyclic) bond motifs is 2. The zero-order valence-corrected chi connectivity index (χ0v) is 16.6. The first-order valence-electron chi connectivity index (χ1n) is 10.3. The number of ether oxygens (including phenoxy) is 1. The lowest BCUT2D eigenvalue weighted by Crippen LogP contribution is -2.42. The van der Waals surface area contributed by atoms with Crippen LogP contribution in [0.15, 0.2) is 54.6 Å². The molecule has 0 aliphatic carbocycles. The molecule has 29 heavy (non-hydrogen) atoms. The monoisotopic (exact) mass is 387 g/mol. The second-order valence-corrected chi connectivity index (χ2v) is 8.08. The van der Waals surface area contributed by atoms with E-state index < -0.39 is 0 Å². The van der Waals surface area contributed by atoms with Crippen LogP contribution in [0.25, 0.3) is 0 Å². The summed E-state index contributed by atoms with van der Waals surface area (Å²) in [5.41, 5.74) is 5.52. The maximum Gasteiger partial charge on any atom is 0.272 e. The van der Waals surface area contributed by atoms with E-state index in [2.05, 4.69) is 47.7 Å². The molecule has 2 unspecified atom stereocenters. The topological polar surface area (TPSA) is 56.2 Å². The Bertz CT molecular complexity index is 1060. The molecule has 1 N–H and O–H groups in total. The molecule has 0 saturated heterocycles. The van der Waals surface area contributed by atoms with Gasteiger partial charge in [-0.15, -0.1) is 0 Å². The van der Waals surface area contributed by atoms with Crippen molar-refractivity contribution in [3.05, 3.63) is 82.7 Å². The molecule has 0 fully saturated rings. The van der Waals surface area contributed by atoms with Crippen LogP contribution in [0.3, 0.4) is 0 Å². The molecule has 2 aromatic carbocycles. The van der Waals surface area contributed by atoms with E-state index in [0.717, 1.165) is 42.8 Å². The van der Waals surface area contributed by atoms with Crippen molar-refractivity contribution in [1.29, 1.82) is 0 Å². The van der Waals surface area contributed by atoms with Crippen LogP contribution >= 0.6 is 0 Å². The van der Waals surface area contributed by atoms with Crippen molar-refractivity contribution >= 4 is 5.91 Å². The number of para-hydroxylation sites is 1. The summed E-state index contributed by atoms with van der Waals surface area (Å²) >= 11 is 0. The zero-order chi connectivity index (χ0) is 19.8. The largest absolute Gasteiger partial charge is 0.491 e. The highest BCUT2D eigenvalue weighted by Crippen LogP contribution is 2.31. The number of aryl methyl sites for hydroxylation is 2. The molecule has 0 radical (unpaired) electrons. The highest BCUT2D eigenvalue weighted by Gasteiger charge is 2.26. The molecule has 3 aromatic rings. The molecule has 5 heteroatoms. The van der Waals surface area contributed by atoms with E-state index in [1.54, 1.807) is 0 Å². The zero-order valence-electron chi connectivity index (χ0n) is 16.6. The summed E-state index contributed by atoms with van der Waals surface area (Å²) in [5, 5.41) is 7.67.